The van der Waals surface area contributed by atoms with Crippen molar-refractivity contribution in [2.75, 3.05) is 6.54 Å². The van der Waals surface area contributed by atoms with E-state index in [0.717, 1.165) is 31.0 Å². The summed E-state index contributed by atoms with van der Waals surface area (Å²) in [7, 11) is 0. The van der Waals surface area contributed by atoms with Gasteiger partial charge in [0.15, 0.2) is 0 Å². The van der Waals surface area contributed by atoms with Crippen LogP contribution in [0.4, 0.5) is 0 Å². The molecule has 1 atom stereocenters. The molecule has 0 aliphatic carbocycles. The van der Waals surface area contributed by atoms with Gasteiger partial charge >= 0.3 is 0 Å². The highest BCUT2D eigenvalue weighted by molar-refractivity contribution is 5.07. The van der Waals surface area contributed by atoms with Crippen molar-refractivity contribution in [3.05, 3.63) is 42.4 Å². The fourth-order valence-electron chi connectivity index (χ4n) is 2.85. The predicted molar refractivity (Wildman–Crippen MR) is 73.7 cm³/mol. The summed E-state index contributed by atoms with van der Waals surface area (Å²) < 4.78 is 7.99. The van der Waals surface area contributed by atoms with E-state index >= 15 is 0 Å². The van der Waals surface area contributed by atoms with Crippen LogP contribution in [0.2, 0.25) is 0 Å². The Morgan fingerprint density at radius 2 is 2.26 bits per heavy atom. The summed E-state index contributed by atoms with van der Waals surface area (Å²) >= 11 is 0. The molecule has 1 saturated heterocycles. The van der Waals surface area contributed by atoms with E-state index in [9.17, 15) is 0 Å². The molecule has 0 saturated carbocycles. The zero-order valence-corrected chi connectivity index (χ0v) is 11.5. The van der Waals surface area contributed by atoms with Crippen LogP contribution in [-0.2, 0) is 19.5 Å². The molecule has 0 radical (unpaired) electrons. The van der Waals surface area contributed by atoms with Crippen molar-refractivity contribution in [2.45, 2.75) is 45.3 Å². The first-order valence-corrected chi connectivity index (χ1v) is 7.12. The first kappa shape index (κ1) is 12.5. The highest BCUT2D eigenvalue weighted by Gasteiger charge is 2.25. The van der Waals surface area contributed by atoms with Crippen molar-refractivity contribution in [3.8, 4) is 0 Å². The third-order valence-electron chi connectivity index (χ3n) is 3.90. The first-order chi connectivity index (χ1) is 9.35. The summed E-state index contributed by atoms with van der Waals surface area (Å²) in [5.74, 6) is 2.18. The Morgan fingerprint density at radius 3 is 3.00 bits per heavy atom. The van der Waals surface area contributed by atoms with Crippen LogP contribution in [0.15, 0.2) is 35.3 Å². The second-order valence-corrected chi connectivity index (χ2v) is 5.25. The van der Waals surface area contributed by atoms with Crippen molar-refractivity contribution in [1.82, 2.24) is 14.5 Å². The van der Waals surface area contributed by atoms with Gasteiger partial charge in [-0.05, 0) is 31.5 Å². The number of furan rings is 1. The van der Waals surface area contributed by atoms with Crippen LogP contribution in [0.3, 0.4) is 0 Å². The van der Waals surface area contributed by atoms with E-state index in [0.29, 0.717) is 6.04 Å². The molecule has 1 fully saturated rings. The average Bonchev–Trinajstić information content (AvgIpc) is 3.14. The van der Waals surface area contributed by atoms with Crippen LogP contribution in [0.1, 0.15) is 31.3 Å². The lowest BCUT2D eigenvalue weighted by atomic mass is 10.2. The molecule has 1 unspecified atom stereocenters. The van der Waals surface area contributed by atoms with Gasteiger partial charge in [-0.1, -0.05) is 6.92 Å². The summed E-state index contributed by atoms with van der Waals surface area (Å²) in [4.78, 5) is 6.64. The van der Waals surface area contributed by atoms with E-state index < -0.39 is 0 Å². The number of imidazole rings is 1. The molecular weight excluding hydrogens is 238 g/mol. The van der Waals surface area contributed by atoms with Crippen molar-refractivity contribution < 1.29 is 4.42 Å². The highest BCUT2D eigenvalue weighted by atomic mass is 16.3. The van der Waals surface area contributed by atoms with Gasteiger partial charge in [0.25, 0.3) is 0 Å². The van der Waals surface area contributed by atoms with Gasteiger partial charge in [-0.2, -0.15) is 0 Å². The Kier molecular flexibility index (Phi) is 3.69. The molecule has 3 rings (SSSR count). The second kappa shape index (κ2) is 5.61. The minimum Gasteiger partial charge on any atom is -0.465 e. The van der Waals surface area contributed by atoms with E-state index in [-0.39, 0.29) is 0 Å². The number of rotatable bonds is 5. The van der Waals surface area contributed by atoms with Crippen molar-refractivity contribution >= 4 is 0 Å². The van der Waals surface area contributed by atoms with E-state index in [1.54, 1.807) is 0 Å². The molecule has 1 aliphatic heterocycles. The normalized spacial score (nSPS) is 20.2. The zero-order chi connectivity index (χ0) is 13.1. The largest absolute Gasteiger partial charge is 0.465 e. The molecule has 2 aromatic heterocycles. The Morgan fingerprint density at radius 1 is 1.37 bits per heavy atom. The van der Waals surface area contributed by atoms with E-state index in [1.165, 1.54) is 19.4 Å². The minimum atomic E-state index is 0.601. The predicted octanol–water partition coefficient (Wildman–Crippen LogP) is 2.70. The third kappa shape index (κ3) is 2.89. The lowest BCUT2D eigenvalue weighted by molar-refractivity contribution is 0.206. The number of hydrogen-bond acceptors (Lipinski definition) is 3. The Bertz CT molecular complexity index is 503. The quantitative estimate of drug-likeness (QED) is 0.828. The van der Waals surface area contributed by atoms with Crippen molar-refractivity contribution in [2.24, 2.45) is 0 Å². The van der Waals surface area contributed by atoms with Gasteiger partial charge in [-0.15, -0.1) is 0 Å². The lowest BCUT2D eigenvalue weighted by Gasteiger charge is -2.23. The molecule has 0 aromatic carbocycles. The Balaban J connectivity index is 1.62. The van der Waals surface area contributed by atoms with Gasteiger partial charge in [0, 0.05) is 31.4 Å². The average molecular weight is 259 g/mol. The fraction of sp³-hybridized carbons (Fsp3) is 0.533. The smallest absolute Gasteiger partial charge is 0.118 e. The molecule has 2 aromatic rings. The van der Waals surface area contributed by atoms with Crippen molar-refractivity contribution in [1.29, 1.82) is 0 Å². The highest BCUT2D eigenvalue weighted by Crippen LogP contribution is 2.22. The SMILES string of the molecule is CCc1ccc(CN2CCCC2Cn2ccnc2)o1. The number of hydrogen-bond donors (Lipinski definition) is 0. The number of likely N-dealkylation sites (tertiary alicyclic amines) is 1. The van der Waals surface area contributed by atoms with Gasteiger partial charge in [0.2, 0.25) is 0 Å². The Hall–Kier alpha value is -1.55. The molecule has 0 bridgehead atoms. The molecule has 4 nitrogen and oxygen atoms in total. The number of nitrogens with zero attached hydrogens (tertiary/aromatic N) is 3. The topological polar surface area (TPSA) is 34.2 Å². The summed E-state index contributed by atoms with van der Waals surface area (Å²) in [5, 5.41) is 0. The molecule has 19 heavy (non-hydrogen) atoms. The van der Waals surface area contributed by atoms with Crippen LogP contribution in [-0.4, -0.2) is 27.0 Å². The first-order valence-electron chi connectivity index (χ1n) is 7.12. The Labute approximate surface area is 114 Å². The molecule has 4 heteroatoms. The van der Waals surface area contributed by atoms with E-state index in [4.69, 9.17) is 4.42 Å². The third-order valence-corrected chi connectivity index (χ3v) is 3.90. The maximum absolute atomic E-state index is 5.82. The maximum Gasteiger partial charge on any atom is 0.118 e. The van der Waals surface area contributed by atoms with Crippen LogP contribution in [0, 0.1) is 0 Å². The lowest BCUT2D eigenvalue weighted by Crippen LogP contribution is -2.32. The zero-order valence-electron chi connectivity index (χ0n) is 11.5. The summed E-state index contributed by atoms with van der Waals surface area (Å²) in [5.41, 5.74) is 0. The van der Waals surface area contributed by atoms with Gasteiger partial charge in [0.1, 0.15) is 11.5 Å². The van der Waals surface area contributed by atoms with Crippen LogP contribution >= 0.6 is 0 Å². The second-order valence-electron chi connectivity index (χ2n) is 5.25. The van der Waals surface area contributed by atoms with Crippen molar-refractivity contribution in [3.63, 3.8) is 0 Å². The summed E-state index contributed by atoms with van der Waals surface area (Å²) in [6.07, 6.45) is 9.30. The van der Waals surface area contributed by atoms with E-state index in [2.05, 4.69) is 33.5 Å². The van der Waals surface area contributed by atoms with Crippen LogP contribution in [0.5, 0.6) is 0 Å². The number of aryl methyl sites for hydroxylation is 1. The fourth-order valence-corrected chi connectivity index (χ4v) is 2.85. The number of aromatic nitrogens is 2. The minimum absolute atomic E-state index is 0.601. The molecule has 1 aliphatic rings. The molecule has 0 amide bonds. The molecule has 0 N–H and O–H groups in total. The molecule has 102 valence electrons. The molecular formula is C15H21N3O. The van der Waals surface area contributed by atoms with Crippen LogP contribution in [0.25, 0.3) is 0 Å². The summed E-state index contributed by atoms with van der Waals surface area (Å²) in [6.45, 7) is 5.25. The monoisotopic (exact) mass is 259 g/mol. The molecule has 3 heterocycles. The van der Waals surface area contributed by atoms with Gasteiger partial charge < -0.3 is 8.98 Å². The summed E-state index contributed by atoms with van der Waals surface area (Å²) in [6, 6.07) is 4.81. The van der Waals surface area contributed by atoms with Gasteiger partial charge in [-0.3, -0.25) is 4.90 Å². The van der Waals surface area contributed by atoms with Gasteiger partial charge in [-0.25, -0.2) is 4.98 Å². The molecule has 0 spiro atoms. The van der Waals surface area contributed by atoms with Crippen LogP contribution < -0.4 is 0 Å². The maximum atomic E-state index is 5.82. The van der Waals surface area contributed by atoms with E-state index in [1.807, 2.05) is 18.7 Å². The van der Waals surface area contributed by atoms with Gasteiger partial charge in [0.05, 0.1) is 12.9 Å². The standard InChI is InChI=1S/C15H21N3O/c1-2-14-5-6-15(19-14)11-18-8-3-4-13(18)10-17-9-7-16-12-17/h5-7,9,12-13H,2-4,8,10-11H2,1H3.